The zero-order valence-electron chi connectivity index (χ0n) is 13.4. The van der Waals surface area contributed by atoms with Crippen molar-refractivity contribution < 1.29 is 4.74 Å². The highest BCUT2D eigenvalue weighted by Crippen LogP contribution is 2.61. The quantitative estimate of drug-likeness (QED) is 0.806. The fourth-order valence-corrected chi connectivity index (χ4v) is 5.96. The van der Waals surface area contributed by atoms with Crippen molar-refractivity contribution in [2.45, 2.75) is 43.7 Å². The zero-order valence-corrected chi connectivity index (χ0v) is 13.4. The first kappa shape index (κ1) is 13.0. The van der Waals surface area contributed by atoms with E-state index in [1.807, 2.05) is 0 Å². The van der Waals surface area contributed by atoms with Gasteiger partial charge in [-0.3, -0.25) is 4.90 Å². The second-order valence-corrected chi connectivity index (χ2v) is 7.32. The van der Waals surface area contributed by atoms with E-state index in [0.717, 1.165) is 11.7 Å². The van der Waals surface area contributed by atoms with Crippen LogP contribution >= 0.6 is 0 Å². The van der Waals surface area contributed by atoms with E-state index in [1.165, 1.54) is 43.6 Å². The summed E-state index contributed by atoms with van der Waals surface area (Å²) in [6.45, 7) is 4.76. The third-order valence-electron chi connectivity index (χ3n) is 6.76. The molecule has 3 fully saturated rings. The molecule has 1 aromatic carbocycles. The molecule has 22 heavy (non-hydrogen) atoms. The average Bonchev–Trinajstić information content (AvgIpc) is 3.10. The van der Waals surface area contributed by atoms with Crippen LogP contribution in [0, 0.1) is 5.92 Å². The molecule has 1 N–H and O–H groups in total. The fraction of sp³-hybridized carbons (Fsp3) is 0.579. The van der Waals surface area contributed by atoms with E-state index in [-0.39, 0.29) is 5.41 Å². The number of benzene rings is 1. The molecule has 3 heteroatoms. The highest BCUT2D eigenvalue weighted by atomic mass is 16.5. The van der Waals surface area contributed by atoms with Gasteiger partial charge in [-0.15, -0.1) is 0 Å². The first-order valence-corrected chi connectivity index (χ1v) is 8.63. The highest BCUT2D eigenvalue weighted by Gasteiger charge is 2.63. The summed E-state index contributed by atoms with van der Waals surface area (Å²) >= 11 is 0. The number of hydrogen-bond acceptors (Lipinski definition) is 3. The topological polar surface area (TPSA) is 24.5 Å². The summed E-state index contributed by atoms with van der Waals surface area (Å²) in [5.41, 5.74) is 4.74. The van der Waals surface area contributed by atoms with Crippen molar-refractivity contribution in [2.75, 3.05) is 25.5 Å². The van der Waals surface area contributed by atoms with Crippen LogP contribution in [0.4, 0.5) is 5.69 Å². The molecule has 0 radical (unpaired) electrons. The zero-order chi connectivity index (χ0) is 14.9. The summed E-state index contributed by atoms with van der Waals surface area (Å²) in [6.07, 6.45) is 6.31. The molecule has 0 aromatic heterocycles. The molecule has 3 nitrogen and oxygen atoms in total. The fourth-order valence-electron chi connectivity index (χ4n) is 5.96. The van der Waals surface area contributed by atoms with Gasteiger partial charge in [0.1, 0.15) is 5.75 Å². The first-order valence-electron chi connectivity index (χ1n) is 8.63. The largest absolute Gasteiger partial charge is 0.495 e. The molecule has 3 aliphatic heterocycles. The predicted molar refractivity (Wildman–Crippen MR) is 88.5 cm³/mol. The van der Waals surface area contributed by atoms with E-state index in [0.29, 0.717) is 12.1 Å². The van der Waals surface area contributed by atoms with Gasteiger partial charge in [0.2, 0.25) is 0 Å². The van der Waals surface area contributed by atoms with E-state index in [9.17, 15) is 0 Å². The van der Waals surface area contributed by atoms with Gasteiger partial charge in [-0.25, -0.2) is 0 Å². The predicted octanol–water partition coefficient (Wildman–Crippen LogP) is 3.17. The molecular formula is C19H24N2O. The normalized spacial score (nSPS) is 40.3. The van der Waals surface area contributed by atoms with E-state index >= 15 is 0 Å². The van der Waals surface area contributed by atoms with Gasteiger partial charge in [0.15, 0.2) is 0 Å². The average molecular weight is 296 g/mol. The molecule has 5 rings (SSSR count). The maximum absolute atomic E-state index is 5.64. The molecule has 1 spiro atoms. The number of nitrogens with one attached hydrogen (secondary N) is 1. The van der Waals surface area contributed by atoms with Crippen LogP contribution in [0.2, 0.25) is 0 Å². The molecule has 4 aliphatic rings. The number of allylic oxidation sites excluding steroid dienone is 1. The number of rotatable bonds is 1. The summed E-state index contributed by atoms with van der Waals surface area (Å²) in [7, 11) is 1.79. The summed E-state index contributed by atoms with van der Waals surface area (Å²) in [5.74, 6) is 1.78. The van der Waals surface area contributed by atoms with Crippen LogP contribution in [0.3, 0.4) is 0 Å². The molecule has 0 amide bonds. The second kappa shape index (κ2) is 4.29. The first-order chi connectivity index (χ1) is 10.8. The van der Waals surface area contributed by atoms with Gasteiger partial charge in [0, 0.05) is 17.5 Å². The van der Waals surface area contributed by atoms with Gasteiger partial charge in [-0.1, -0.05) is 23.8 Å². The van der Waals surface area contributed by atoms with Gasteiger partial charge in [0.05, 0.1) is 12.8 Å². The second-order valence-electron chi connectivity index (χ2n) is 7.32. The van der Waals surface area contributed by atoms with E-state index < -0.39 is 0 Å². The number of fused-ring (bicyclic) bond motifs is 2. The maximum Gasteiger partial charge on any atom is 0.142 e. The van der Waals surface area contributed by atoms with Crippen LogP contribution in [-0.2, 0) is 5.41 Å². The third kappa shape index (κ3) is 1.32. The van der Waals surface area contributed by atoms with Gasteiger partial charge in [-0.2, -0.15) is 0 Å². The van der Waals surface area contributed by atoms with Crippen LogP contribution in [0.1, 0.15) is 31.7 Å². The molecule has 2 saturated heterocycles. The Bertz CT molecular complexity index is 667. The maximum atomic E-state index is 5.64. The summed E-state index contributed by atoms with van der Waals surface area (Å²) in [6, 6.07) is 7.79. The van der Waals surface area contributed by atoms with Gasteiger partial charge in [-0.05, 0) is 56.8 Å². The van der Waals surface area contributed by atoms with Crippen LogP contribution < -0.4 is 10.1 Å². The Morgan fingerprint density at radius 1 is 1.36 bits per heavy atom. The summed E-state index contributed by atoms with van der Waals surface area (Å²) in [4.78, 5) is 2.74. The molecule has 1 saturated carbocycles. The van der Waals surface area contributed by atoms with Crippen molar-refractivity contribution >= 4 is 5.69 Å². The smallest absolute Gasteiger partial charge is 0.142 e. The van der Waals surface area contributed by atoms with Gasteiger partial charge >= 0.3 is 0 Å². The SMILES string of the molecule is C/C=C1/C2CCN3CCC4(c5cccc(OC)c5NC4C2)C13. The Balaban J connectivity index is 1.74. The van der Waals surface area contributed by atoms with Crippen LogP contribution in [0.15, 0.2) is 29.8 Å². The number of hydrogen-bond donors (Lipinski definition) is 1. The van der Waals surface area contributed by atoms with Gasteiger partial charge in [0.25, 0.3) is 0 Å². The highest BCUT2D eigenvalue weighted by molar-refractivity contribution is 5.72. The van der Waals surface area contributed by atoms with Crippen molar-refractivity contribution in [3.8, 4) is 5.75 Å². The van der Waals surface area contributed by atoms with E-state index in [4.69, 9.17) is 4.74 Å². The number of ether oxygens (including phenoxy) is 1. The number of anilines is 1. The molecule has 3 heterocycles. The van der Waals surface area contributed by atoms with E-state index in [2.05, 4.69) is 41.4 Å². The monoisotopic (exact) mass is 296 g/mol. The Morgan fingerprint density at radius 3 is 3.09 bits per heavy atom. The van der Waals surface area contributed by atoms with E-state index in [1.54, 1.807) is 12.7 Å². The third-order valence-corrected chi connectivity index (χ3v) is 6.76. The molecule has 2 bridgehead atoms. The summed E-state index contributed by atoms with van der Waals surface area (Å²) < 4.78 is 5.64. The Labute approximate surface area is 132 Å². The van der Waals surface area contributed by atoms with Crippen molar-refractivity contribution in [2.24, 2.45) is 5.92 Å². The lowest BCUT2D eigenvalue weighted by Gasteiger charge is -2.52. The molecule has 4 unspecified atom stereocenters. The van der Waals surface area contributed by atoms with Crippen molar-refractivity contribution in [3.63, 3.8) is 0 Å². The molecule has 116 valence electrons. The minimum Gasteiger partial charge on any atom is -0.495 e. The molecule has 4 atom stereocenters. The standard InChI is InChI=1S/C19H24N2O/c1-3-13-12-7-9-21-10-8-19(18(13)21)14-5-4-6-15(22-2)17(14)20-16(19)11-12/h3-6,12,16,18,20H,7-11H2,1-2H3/b13-3-. The minimum absolute atomic E-state index is 0.267. The molecular weight excluding hydrogens is 272 g/mol. The van der Waals surface area contributed by atoms with Crippen molar-refractivity contribution in [1.82, 2.24) is 4.90 Å². The summed E-state index contributed by atoms with van der Waals surface area (Å²) in [5, 5.41) is 3.87. The lowest BCUT2D eigenvalue weighted by Crippen LogP contribution is -2.58. The van der Waals surface area contributed by atoms with Crippen molar-refractivity contribution in [3.05, 3.63) is 35.4 Å². The van der Waals surface area contributed by atoms with Crippen LogP contribution in [-0.4, -0.2) is 37.2 Å². The molecule has 1 aliphatic carbocycles. The number of piperidine rings is 1. The molecule has 1 aromatic rings. The lowest BCUT2D eigenvalue weighted by atomic mass is 9.58. The number of methoxy groups -OCH3 is 1. The van der Waals surface area contributed by atoms with Crippen LogP contribution in [0.5, 0.6) is 5.75 Å². The lowest BCUT2D eigenvalue weighted by molar-refractivity contribution is 0.124. The number of para-hydroxylation sites is 1. The van der Waals surface area contributed by atoms with Gasteiger partial charge < -0.3 is 10.1 Å². The van der Waals surface area contributed by atoms with Crippen LogP contribution in [0.25, 0.3) is 0 Å². The van der Waals surface area contributed by atoms with Crippen molar-refractivity contribution in [1.29, 1.82) is 0 Å². The number of nitrogens with zero attached hydrogens (tertiary/aromatic N) is 1. The Kier molecular flexibility index (Phi) is 2.53. The Morgan fingerprint density at radius 2 is 2.27 bits per heavy atom. The minimum atomic E-state index is 0.267. The Hall–Kier alpha value is -1.48.